The molecule has 1 aromatic heterocycles. The molecule has 0 saturated heterocycles. The van der Waals surface area contributed by atoms with Crippen molar-refractivity contribution in [2.45, 2.75) is 18.8 Å². The van der Waals surface area contributed by atoms with E-state index in [2.05, 4.69) is 11.1 Å². The normalized spacial score (nSPS) is 14.4. The Hall–Kier alpha value is -1.88. The molecular formula is C14H14N2O2S. The molecule has 4 nitrogen and oxygen atoms in total. The predicted molar refractivity (Wildman–Crippen MR) is 75.3 cm³/mol. The number of aromatic nitrogens is 1. The van der Waals surface area contributed by atoms with E-state index in [1.807, 2.05) is 18.2 Å². The van der Waals surface area contributed by atoms with Crippen LogP contribution < -0.4 is 5.73 Å². The van der Waals surface area contributed by atoms with Crippen molar-refractivity contribution >= 4 is 22.4 Å². The molecule has 0 aliphatic heterocycles. The summed E-state index contributed by atoms with van der Waals surface area (Å²) in [5, 5.41) is 0.390. The van der Waals surface area contributed by atoms with Crippen molar-refractivity contribution in [2.24, 2.45) is 0 Å². The summed E-state index contributed by atoms with van der Waals surface area (Å²) >= 11 is 1.34. The Morgan fingerprint density at radius 1 is 1.42 bits per heavy atom. The fourth-order valence-electron chi connectivity index (χ4n) is 2.21. The highest BCUT2D eigenvalue weighted by atomic mass is 32.1. The lowest BCUT2D eigenvalue weighted by molar-refractivity contribution is 0.0596. The van der Waals surface area contributed by atoms with Crippen molar-refractivity contribution < 1.29 is 9.53 Å². The number of nitrogens with two attached hydrogens (primary N) is 1. The van der Waals surface area contributed by atoms with Gasteiger partial charge in [0.05, 0.1) is 12.0 Å². The number of nitrogens with zero attached hydrogens (tertiary/aromatic N) is 1. The van der Waals surface area contributed by atoms with Gasteiger partial charge in [0.1, 0.15) is 0 Å². The van der Waals surface area contributed by atoms with Crippen LogP contribution in [0.3, 0.4) is 0 Å². The SMILES string of the molecule is COC(=O)c1nc(N)sc1-c1ccccc1C1CC1. The monoisotopic (exact) mass is 274 g/mol. The second-order valence-corrected chi connectivity index (χ2v) is 5.61. The third-order valence-corrected chi connectivity index (χ3v) is 4.16. The minimum Gasteiger partial charge on any atom is -0.464 e. The Morgan fingerprint density at radius 2 is 2.16 bits per heavy atom. The Bertz CT molecular complexity index is 632. The van der Waals surface area contributed by atoms with Crippen molar-refractivity contribution in [1.82, 2.24) is 4.98 Å². The van der Waals surface area contributed by atoms with Crippen LogP contribution in [0.15, 0.2) is 24.3 Å². The first-order valence-electron chi connectivity index (χ1n) is 6.14. The van der Waals surface area contributed by atoms with Crippen LogP contribution in [-0.4, -0.2) is 18.1 Å². The smallest absolute Gasteiger partial charge is 0.358 e. The molecule has 5 heteroatoms. The quantitative estimate of drug-likeness (QED) is 0.874. The minimum absolute atomic E-state index is 0.318. The van der Waals surface area contributed by atoms with Crippen LogP contribution in [0.5, 0.6) is 0 Å². The molecule has 1 aromatic carbocycles. The largest absolute Gasteiger partial charge is 0.464 e. The summed E-state index contributed by atoms with van der Waals surface area (Å²) in [5.74, 6) is 0.165. The Kier molecular flexibility index (Phi) is 2.98. The highest BCUT2D eigenvalue weighted by Gasteiger charge is 2.28. The Morgan fingerprint density at radius 3 is 2.84 bits per heavy atom. The van der Waals surface area contributed by atoms with E-state index >= 15 is 0 Å². The predicted octanol–water partition coefficient (Wildman–Crippen LogP) is 3.06. The van der Waals surface area contributed by atoms with Crippen LogP contribution in [0.25, 0.3) is 10.4 Å². The maximum absolute atomic E-state index is 11.8. The van der Waals surface area contributed by atoms with E-state index in [1.54, 1.807) is 0 Å². The number of ether oxygens (including phenoxy) is 1. The van der Waals surface area contributed by atoms with Crippen molar-refractivity contribution in [2.75, 3.05) is 12.8 Å². The lowest BCUT2D eigenvalue weighted by atomic mass is 10.0. The van der Waals surface area contributed by atoms with Gasteiger partial charge in [0.15, 0.2) is 10.8 Å². The summed E-state index contributed by atoms with van der Waals surface area (Å²) in [5.41, 5.74) is 8.40. The summed E-state index contributed by atoms with van der Waals surface area (Å²) < 4.78 is 4.78. The average Bonchev–Trinajstić information content (AvgIpc) is 3.20. The Balaban J connectivity index is 2.14. The van der Waals surface area contributed by atoms with Gasteiger partial charge in [-0.05, 0) is 29.9 Å². The van der Waals surface area contributed by atoms with Crippen LogP contribution in [0.4, 0.5) is 5.13 Å². The van der Waals surface area contributed by atoms with E-state index in [9.17, 15) is 4.79 Å². The zero-order valence-corrected chi connectivity index (χ0v) is 11.4. The van der Waals surface area contributed by atoms with Gasteiger partial charge < -0.3 is 10.5 Å². The van der Waals surface area contributed by atoms with Gasteiger partial charge in [0, 0.05) is 0 Å². The third-order valence-electron chi connectivity index (χ3n) is 3.25. The maximum Gasteiger partial charge on any atom is 0.358 e. The van der Waals surface area contributed by atoms with Crippen LogP contribution in [-0.2, 0) is 4.74 Å². The molecule has 0 amide bonds. The van der Waals surface area contributed by atoms with Crippen molar-refractivity contribution in [3.63, 3.8) is 0 Å². The number of hydrogen-bond acceptors (Lipinski definition) is 5. The number of carbonyl (C=O) groups is 1. The molecule has 0 unspecified atom stereocenters. The van der Waals surface area contributed by atoms with Crippen molar-refractivity contribution in [3.05, 3.63) is 35.5 Å². The number of methoxy groups -OCH3 is 1. The van der Waals surface area contributed by atoms with Crippen LogP contribution in [0, 0.1) is 0 Å². The molecule has 2 N–H and O–H groups in total. The lowest BCUT2D eigenvalue weighted by Crippen LogP contribution is -2.04. The number of esters is 1. The molecule has 19 heavy (non-hydrogen) atoms. The summed E-state index contributed by atoms with van der Waals surface area (Å²) in [7, 11) is 1.36. The number of benzene rings is 1. The van der Waals surface area contributed by atoms with Gasteiger partial charge in [-0.15, -0.1) is 0 Å². The van der Waals surface area contributed by atoms with Crippen LogP contribution >= 0.6 is 11.3 Å². The van der Waals surface area contributed by atoms with E-state index in [0.717, 1.165) is 10.4 Å². The van der Waals surface area contributed by atoms with E-state index in [4.69, 9.17) is 10.5 Å². The number of nitrogen functional groups attached to an aromatic ring is 1. The number of anilines is 1. The molecule has 2 aromatic rings. The molecule has 1 aliphatic carbocycles. The Labute approximate surface area is 115 Å². The van der Waals surface area contributed by atoms with E-state index in [0.29, 0.717) is 16.7 Å². The molecular weight excluding hydrogens is 260 g/mol. The van der Waals surface area contributed by atoms with E-state index < -0.39 is 5.97 Å². The molecule has 1 fully saturated rings. The highest BCUT2D eigenvalue weighted by Crippen LogP contribution is 2.46. The second kappa shape index (κ2) is 4.66. The molecule has 3 rings (SSSR count). The first-order valence-corrected chi connectivity index (χ1v) is 6.96. The topological polar surface area (TPSA) is 65.2 Å². The number of rotatable bonds is 3. The molecule has 98 valence electrons. The number of thiazole rings is 1. The fourth-order valence-corrected chi connectivity index (χ4v) is 3.08. The third kappa shape index (κ3) is 2.21. The van der Waals surface area contributed by atoms with Gasteiger partial charge in [0.25, 0.3) is 0 Å². The first-order chi connectivity index (χ1) is 9.20. The summed E-state index contributed by atoms with van der Waals surface area (Å²) in [6.45, 7) is 0. The van der Waals surface area contributed by atoms with E-state index in [-0.39, 0.29) is 0 Å². The molecule has 0 spiro atoms. The van der Waals surface area contributed by atoms with Crippen molar-refractivity contribution in [1.29, 1.82) is 0 Å². The molecule has 0 bridgehead atoms. The van der Waals surface area contributed by atoms with Crippen LogP contribution in [0.1, 0.15) is 34.8 Å². The molecule has 1 aliphatic rings. The van der Waals surface area contributed by atoms with Gasteiger partial charge >= 0.3 is 5.97 Å². The lowest BCUT2D eigenvalue weighted by Gasteiger charge is -2.07. The molecule has 0 radical (unpaired) electrons. The summed E-state index contributed by atoms with van der Waals surface area (Å²) in [6.07, 6.45) is 2.41. The van der Waals surface area contributed by atoms with Gasteiger partial charge in [-0.3, -0.25) is 0 Å². The minimum atomic E-state index is -0.437. The van der Waals surface area contributed by atoms with Gasteiger partial charge in [-0.1, -0.05) is 35.6 Å². The zero-order valence-electron chi connectivity index (χ0n) is 10.6. The average molecular weight is 274 g/mol. The first kappa shape index (κ1) is 12.2. The number of hydrogen-bond donors (Lipinski definition) is 1. The fraction of sp³-hybridized carbons (Fsp3) is 0.286. The maximum atomic E-state index is 11.8. The molecule has 1 saturated carbocycles. The van der Waals surface area contributed by atoms with Crippen molar-refractivity contribution in [3.8, 4) is 10.4 Å². The second-order valence-electron chi connectivity index (χ2n) is 4.58. The molecule has 0 atom stereocenters. The van der Waals surface area contributed by atoms with Gasteiger partial charge in [0.2, 0.25) is 0 Å². The molecule has 1 heterocycles. The summed E-state index contributed by atoms with van der Waals surface area (Å²) in [6, 6.07) is 8.13. The van der Waals surface area contributed by atoms with E-state index in [1.165, 1.54) is 36.9 Å². The highest BCUT2D eigenvalue weighted by molar-refractivity contribution is 7.19. The zero-order chi connectivity index (χ0) is 13.4. The van der Waals surface area contributed by atoms with Gasteiger partial charge in [-0.25, -0.2) is 9.78 Å². The summed E-state index contributed by atoms with van der Waals surface area (Å²) in [4.78, 5) is 16.7. The van der Waals surface area contributed by atoms with Gasteiger partial charge in [-0.2, -0.15) is 0 Å². The van der Waals surface area contributed by atoms with Crippen LogP contribution in [0.2, 0.25) is 0 Å². The standard InChI is InChI=1S/C14H14N2O2S/c1-18-13(17)11-12(19-14(15)16-11)10-5-3-2-4-9(10)8-6-7-8/h2-5,8H,6-7H2,1H3,(H2,15,16). The number of carbonyl (C=O) groups excluding carboxylic acids is 1.